The molecule has 2 aromatic heterocycles. The average Bonchev–Trinajstić information content (AvgIpc) is 3.42. The van der Waals surface area contributed by atoms with Gasteiger partial charge in [-0.25, -0.2) is 9.78 Å². The topological polar surface area (TPSA) is 68.0 Å². The lowest BCUT2D eigenvalue weighted by molar-refractivity contribution is -0.137. The second-order valence-corrected chi connectivity index (χ2v) is 8.20. The number of carboxylic acid groups (broad SMARTS) is 1. The normalized spacial score (nSPS) is 11.6. The van der Waals surface area contributed by atoms with Gasteiger partial charge in [-0.2, -0.15) is 18.3 Å². The Balaban J connectivity index is 1.58. The summed E-state index contributed by atoms with van der Waals surface area (Å²) < 4.78 is 42.0. The molecule has 0 unspecified atom stereocenters. The smallest absolute Gasteiger partial charge is 0.416 e. The van der Waals surface area contributed by atoms with E-state index in [4.69, 9.17) is 5.11 Å². The van der Waals surface area contributed by atoms with Crippen molar-refractivity contribution in [2.45, 2.75) is 25.6 Å². The van der Waals surface area contributed by atoms with E-state index in [0.717, 1.165) is 11.6 Å². The Bertz CT molecular complexity index is 1230. The SMILES string of the molecule is O=C(O)c1cnn(Cc2nc(-c3cc(CCc4ccccc4)cc(C(F)(F)F)c3)cs2)c1. The van der Waals surface area contributed by atoms with E-state index >= 15 is 0 Å². The third kappa shape index (κ3) is 5.23. The molecule has 0 saturated heterocycles. The third-order valence-electron chi connectivity index (χ3n) is 4.89. The number of carboxylic acids is 1. The van der Waals surface area contributed by atoms with E-state index < -0.39 is 17.7 Å². The third-order valence-corrected chi connectivity index (χ3v) is 5.72. The maximum absolute atomic E-state index is 13.5. The molecule has 4 rings (SSSR count). The van der Waals surface area contributed by atoms with Crippen LogP contribution in [-0.2, 0) is 25.6 Å². The molecule has 164 valence electrons. The van der Waals surface area contributed by atoms with Crippen molar-refractivity contribution in [3.63, 3.8) is 0 Å². The number of alkyl halides is 3. The molecular formula is C23H18F3N3O2S. The maximum Gasteiger partial charge on any atom is 0.416 e. The van der Waals surface area contributed by atoms with Gasteiger partial charge in [0.05, 0.1) is 29.6 Å². The van der Waals surface area contributed by atoms with Gasteiger partial charge in [0.25, 0.3) is 0 Å². The molecule has 4 aromatic rings. The molecule has 32 heavy (non-hydrogen) atoms. The van der Waals surface area contributed by atoms with Gasteiger partial charge in [-0.05, 0) is 42.2 Å². The van der Waals surface area contributed by atoms with Crippen LogP contribution in [0.2, 0.25) is 0 Å². The largest absolute Gasteiger partial charge is 0.478 e. The minimum absolute atomic E-state index is 0.0581. The maximum atomic E-state index is 13.5. The minimum Gasteiger partial charge on any atom is -0.478 e. The molecule has 0 bridgehead atoms. The standard InChI is InChI=1S/C23H18F3N3O2S/c24-23(25,26)19-9-16(7-6-15-4-2-1-3-5-15)8-17(10-19)20-14-32-21(28-20)13-29-12-18(11-27-29)22(30)31/h1-5,8-12,14H,6-7,13H2,(H,30,31). The zero-order valence-corrected chi connectivity index (χ0v) is 17.5. The Labute approximate surface area is 185 Å². The number of aromatic nitrogens is 3. The minimum atomic E-state index is -4.46. The Morgan fingerprint density at radius 3 is 2.50 bits per heavy atom. The van der Waals surface area contributed by atoms with Crippen LogP contribution in [-0.4, -0.2) is 25.8 Å². The highest BCUT2D eigenvalue weighted by Gasteiger charge is 2.31. The number of nitrogens with zero attached hydrogens (tertiary/aromatic N) is 3. The number of thiazole rings is 1. The van der Waals surface area contributed by atoms with Gasteiger partial charge in [0.2, 0.25) is 0 Å². The molecule has 2 aromatic carbocycles. The number of carbonyl (C=O) groups is 1. The zero-order chi connectivity index (χ0) is 22.7. The van der Waals surface area contributed by atoms with Crippen molar-refractivity contribution in [3.05, 3.63) is 93.6 Å². The lowest BCUT2D eigenvalue weighted by atomic mass is 9.98. The molecule has 0 saturated carbocycles. The van der Waals surface area contributed by atoms with Crippen LogP contribution in [0.4, 0.5) is 13.2 Å². The summed E-state index contributed by atoms with van der Waals surface area (Å²) in [6.45, 7) is 0.234. The molecule has 0 fully saturated rings. The predicted octanol–water partition coefficient (Wildman–Crippen LogP) is 5.56. The molecule has 0 aliphatic rings. The first-order chi connectivity index (χ1) is 15.3. The van der Waals surface area contributed by atoms with Crippen LogP contribution in [0.5, 0.6) is 0 Å². The number of halogens is 3. The van der Waals surface area contributed by atoms with E-state index in [-0.39, 0.29) is 12.1 Å². The highest BCUT2D eigenvalue weighted by atomic mass is 32.1. The van der Waals surface area contributed by atoms with Crippen LogP contribution in [0.15, 0.2) is 66.3 Å². The fourth-order valence-corrected chi connectivity index (χ4v) is 4.09. The summed E-state index contributed by atoms with van der Waals surface area (Å²) in [6, 6.07) is 13.7. The van der Waals surface area contributed by atoms with Crippen molar-refractivity contribution in [1.29, 1.82) is 0 Å². The Morgan fingerprint density at radius 2 is 1.81 bits per heavy atom. The number of rotatable bonds is 7. The number of hydrogen-bond donors (Lipinski definition) is 1. The summed E-state index contributed by atoms with van der Waals surface area (Å²) in [5, 5.41) is 15.3. The first kappa shape index (κ1) is 21.8. The molecule has 0 amide bonds. The fraction of sp³-hybridized carbons (Fsp3) is 0.174. The van der Waals surface area contributed by atoms with Gasteiger partial charge in [0, 0.05) is 17.1 Å². The summed E-state index contributed by atoms with van der Waals surface area (Å²) >= 11 is 1.29. The Hall–Kier alpha value is -3.46. The quantitative estimate of drug-likeness (QED) is 0.395. The summed E-state index contributed by atoms with van der Waals surface area (Å²) in [7, 11) is 0. The van der Waals surface area contributed by atoms with Crippen LogP contribution < -0.4 is 0 Å². The van der Waals surface area contributed by atoms with Gasteiger partial charge < -0.3 is 5.11 Å². The highest BCUT2D eigenvalue weighted by molar-refractivity contribution is 7.09. The number of hydrogen-bond acceptors (Lipinski definition) is 4. The van der Waals surface area contributed by atoms with Crippen molar-refractivity contribution in [2.75, 3.05) is 0 Å². The van der Waals surface area contributed by atoms with E-state index in [1.165, 1.54) is 34.5 Å². The lowest BCUT2D eigenvalue weighted by Crippen LogP contribution is -2.06. The van der Waals surface area contributed by atoms with Crippen molar-refractivity contribution in [2.24, 2.45) is 0 Å². The van der Waals surface area contributed by atoms with E-state index in [0.29, 0.717) is 34.7 Å². The van der Waals surface area contributed by atoms with Crippen LogP contribution in [0.25, 0.3) is 11.3 Å². The van der Waals surface area contributed by atoms with Crippen LogP contribution in [0.3, 0.4) is 0 Å². The van der Waals surface area contributed by atoms with Gasteiger partial charge in [-0.1, -0.05) is 30.3 Å². The van der Waals surface area contributed by atoms with E-state index in [2.05, 4.69) is 10.1 Å². The summed E-state index contributed by atoms with van der Waals surface area (Å²) in [4.78, 5) is 15.4. The summed E-state index contributed by atoms with van der Waals surface area (Å²) in [6.07, 6.45) is -0.727. The fourth-order valence-electron chi connectivity index (χ4n) is 3.30. The lowest BCUT2D eigenvalue weighted by Gasteiger charge is -2.12. The first-order valence-corrected chi connectivity index (χ1v) is 10.6. The van der Waals surface area contributed by atoms with E-state index in [1.807, 2.05) is 30.3 Å². The predicted molar refractivity (Wildman–Crippen MR) is 115 cm³/mol. The van der Waals surface area contributed by atoms with Gasteiger partial charge in [0.1, 0.15) is 5.01 Å². The van der Waals surface area contributed by atoms with Crippen LogP contribution >= 0.6 is 11.3 Å². The molecule has 0 aliphatic carbocycles. The molecule has 2 heterocycles. The monoisotopic (exact) mass is 457 g/mol. The van der Waals surface area contributed by atoms with E-state index in [9.17, 15) is 18.0 Å². The number of aryl methyl sites for hydroxylation is 2. The zero-order valence-electron chi connectivity index (χ0n) is 16.7. The van der Waals surface area contributed by atoms with Crippen LogP contribution in [0, 0.1) is 0 Å². The number of aromatic carboxylic acids is 1. The highest BCUT2D eigenvalue weighted by Crippen LogP contribution is 2.34. The van der Waals surface area contributed by atoms with Crippen molar-refractivity contribution >= 4 is 17.3 Å². The molecule has 0 radical (unpaired) electrons. The molecule has 0 spiro atoms. The molecule has 0 aliphatic heterocycles. The summed E-state index contributed by atoms with van der Waals surface area (Å²) in [5.74, 6) is -1.08. The molecule has 1 N–H and O–H groups in total. The first-order valence-electron chi connectivity index (χ1n) is 9.73. The van der Waals surface area contributed by atoms with Crippen molar-refractivity contribution < 1.29 is 23.1 Å². The van der Waals surface area contributed by atoms with Gasteiger partial charge in [-0.15, -0.1) is 11.3 Å². The van der Waals surface area contributed by atoms with Crippen molar-refractivity contribution in [1.82, 2.24) is 14.8 Å². The van der Waals surface area contributed by atoms with Gasteiger partial charge >= 0.3 is 12.1 Å². The molecular weight excluding hydrogens is 439 g/mol. The van der Waals surface area contributed by atoms with Gasteiger partial charge in [-0.3, -0.25) is 4.68 Å². The Kier molecular flexibility index (Phi) is 6.09. The van der Waals surface area contributed by atoms with E-state index in [1.54, 1.807) is 11.4 Å². The van der Waals surface area contributed by atoms with Gasteiger partial charge in [0.15, 0.2) is 0 Å². The average molecular weight is 457 g/mol. The second-order valence-electron chi connectivity index (χ2n) is 7.26. The molecule has 9 heteroatoms. The molecule has 0 atom stereocenters. The number of benzene rings is 2. The molecule has 5 nitrogen and oxygen atoms in total. The van der Waals surface area contributed by atoms with Crippen LogP contribution in [0.1, 0.15) is 32.1 Å². The van der Waals surface area contributed by atoms with Crippen molar-refractivity contribution in [3.8, 4) is 11.3 Å². The Morgan fingerprint density at radius 1 is 1.06 bits per heavy atom. The second kappa shape index (κ2) is 8.96. The summed E-state index contributed by atoms with van der Waals surface area (Å²) in [5.41, 5.74) is 1.85.